The van der Waals surface area contributed by atoms with E-state index in [2.05, 4.69) is 25.3 Å². The predicted octanol–water partition coefficient (Wildman–Crippen LogP) is 1.28. The largest absolute Gasteiger partial charge is 0.368 e. The molecule has 0 fully saturated rings. The summed E-state index contributed by atoms with van der Waals surface area (Å²) in [5.74, 6) is 0.486. The van der Waals surface area contributed by atoms with E-state index < -0.39 is 0 Å². The third kappa shape index (κ3) is 3.89. The first-order valence-corrected chi connectivity index (χ1v) is 6.78. The summed E-state index contributed by atoms with van der Waals surface area (Å²) in [5.41, 5.74) is 6.31. The number of aromatic nitrogens is 4. The van der Waals surface area contributed by atoms with Gasteiger partial charge in [0.25, 0.3) is 0 Å². The summed E-state index contributed by atoms with van der Waals surface area (Å²) in [4.78, 5) is 27.8. The molecule has 2 heterocycles. The van der Waals surface area contributed by atoms with E-state index in [4.69, 9.17) is 5.73 Å². The summed E-state index contributed by atoms with van der Waals surface area (Å²) in [7, 11) is 0. The standard InChI is InChI=1S/C12H14N6OS/c1-7-4-3-5-9(16-7)17-10(19)8(2)20-12-15-6-14-11(13)18-12/h3-6,8H,1-2H3,(H,16,17,19)(H2,13,14,15,18). The Bertz CT molecular complexity index is 620. The highest BCUT2D eigenvalue weighted by Gasteiger charge is 2.16. The molecule has 7 nitrogen and oxygen atoms in total. The van der Waals surface area contributed by atoms with Crippen LogP contribution in [0.25, 0.3) is 0 Å². The van der Waals surface area contributed by atoms with E-state index in [9.17, 15) is 4.79 Å². The van der Waals surface area contributed by atoms with Crippen molar-refractivity contribution >= 4 is 29.4 Å². The van der Waals surface area contributed by atoms with Crippen LogP contribution in [0, 0.1) is 6.92 Å². The third-order valence-corrected chi connectivity index (χ3v) is 3.33. The van der Waals surface area contributed by atoms with Gasteiger partial charge in [0.15, 0.2) is 5.16 Å². The van der Waals surface area contributed by atoms with Crippen LogP contribution in [-0.4, -0.2) is 31.1 Å². The molecule has 0 aliphatic carbocycles. The molecule has 8 heteroatoms. The minimum absolute atomic E-state index is 0.135. The predicted molar refractivity (Wildman–Crippen MR) is 77.2 cm³/mol. The maximum Gasteiger partial charge on any atom is 0.238 e. The molecule has 0 saturated heterocycles. The monoisotopic (exact) mass is 290 g/mol. The number of carbonyl (C=O) groups is 1. The Morgan fingerprint density at radius 3 is 2.85 bits per heavy atom. The average molecular weight is 290 g/mol. The number of rotatable bonds is 4. The number of nitrogens with two attached hydrogens (primary N) is 1. The van der Waals surface area contributed by atoms with Crippen molar-refractivity contribution in [3.63, 3.8) is 0 Å². The van der Waals surface area contributed by atoms with Crippen LogP contribution in [0.2, 0.25) is 0 Å². The second-order valence-electron chi connectivity index (χ2n) is 4.04. The van der Waals surface area contributed by atoms with Gasteiger partial charge in [-0.2, -0.15) is 4.98 Å². The van der Waals surface area contributed by atoms with E-state index in [1.807, 2.05) is 19.1 Å². The molecule has 0 saturated carbocycles. The number of nitrogens with one attached hydrogen (secondary N) is 1. The van der Waals surface area contributed by atoms with Crippen molar-refractivity contribution in [2.24, 2.45) is 0 Å². The molecule has 0 aromatic carbocycles. The number of nitrogen functional groups attached to an aromatic ring is 1. The van der Waals surface area contributed by atoms with Gasteiger partial charge in [-0.3, -0.25) is 4.79 Å². The fourth-order valence-corrected chi connectivity index (χ4v) is 2.14. The number of aryl methyl sites for hydroxylation is 1. The van der Waals surface area contributed by atoms with Crippen molar-refractivity contribution in [2.45, 2.75) is 24.3 Å². The molecule has 0 bridgehead atoms. The maximum atomic E-state index is 12.0. The SMILES string of the molecule is Cc1cccc(NC(=O)C(C)Sc2ncnc(N)n2)n1. The Morgan fingerprint density at radius 1 is 1.35 bits per heavy atom. The number of nitrogens with zero attached hydrogens (tertiary/aromatic N) is 4. The molecule has 1 atom stereocenters. The van der Waals surface area contributed by atoms with Gasteiger partial charge >= 0.3 is 0 Å². The van der Waals surface area contributed by atoms with Crippen LogP contribution in [0.1, 0.15) is 12.6 Å². The number of hydrogen-bond donors (Lipinski definition) is 2. The molecule has 3 N–H and O–H groups in total. The van der Waals surface area contributed by atoms with Crippen molar-refractivity contribution in [3.8, 4) is 0 Å². The van der Waals surface area contributed by atoms with Gasteiger partial charge in [-0.15, -0.1) is 0 Å². The zero-order valence-corrected chi connectivity index (χ0v) is 11.9. The first-order valence-electron chi connectivity index (χ1n) is 5.90. The van der Waals surface area contributed by atoms with Crippen molar-refractivity contribution in [3.05, 3.63) is 30.2 Å². The fourth-order valence-electron chi connectivity index (χ4n) is 1.40. The summed E-state index contributed by atoms with van der Waals surface area (Å²) >= 11 is 1.21. The van der Waals surface area contributed by atoms with Crippen LogP contribution in [0.5, 0.6) is 0 Å². The molecule has 0 spiro atoms. The van der Waals surface area contributed by atoms with Gasteiger partial charge in [0, 0.05) is 5.69 Å². The summed E-state index contributed by atoms with van der Waals surface area (Å²) < 4.78 is 0. The Labute approximate surface area is 120 Å². The van der Waals surface area contributed by atoms with Crippen LogP contribution in [-0.2, 0) is 4.79 Å². The Hall–Kier alpha value is -2.22. The van der Waals surface area contributed by atoms with Crippen LogP contribution >= 0.6 is 11.8 Å². The Kier molecular flexibility index (Phi) is 4.46. The molecule has 104 valence electrons. The van der Waals surface area contributed by atoms with E-state index in [0.29, 0.717) is 11.0 Å². The summed E-state index contributed by atoms with van der Waals surface area (Å²) in [6, 6.07) is 5.44. The molecular formula is C12H14N6OS. The Balaban J connectivity index is 1.98. The van der Waals surface area contributed by atoms with E-state index in [1.54, 1.807) is 13.0 Å². The topological polar surface area (TPSA) is 107 Å². The molecule has 0 aliphatic rings. The minimum atomic E-state index is -0.376. The zero-order valence-electron chi connectivity index (χ0n) is 11.1. The lowest BCUT2D eigenvalue weighted by Gasteiger charge is -2.10. The van der Waals surface area contributed by atoms with Gasteiger partial charge in [-0.05, 0) is 26.0 Å². The number of amides is 1. The first-order chi connectivity index (χ1) is 9.54. The number of hydrogen-bond acceptors (Lipinski definition) is 7. The molecule has 1 unspecified atom stereocenters. The van der Waals surface area contributed by atoms with E-state index >= 15 is 0 Å². The highest BCUT2D eigenvalue weighted by atomic mass is 32.2. The Morgan fingerprint density at radius 2 is 2.15 bits per heavy atom. The second-order valence-corrected chi connectivity index (χ2v) is 5.35. The van der Waals surface area contributed by atoms with Crippen LogP contribution in [0.15, 0.2) is 29.7 Å². The third-order valence-electron chi connectivity index (χ3n) is 2.36. The number of pyridine rings is 1. The lowest BCUT2D eigenvalue weighted by atomic mass is 10.3. The van der Waals surface area contributed by atoms with E-state index in [1.165, 1.54) is 18.1 Å². The van der Waals surface area contributed by atoms with E-state index in [0.717, 1.165) is 5.69 Å². The molecule has 2 rings (SSSR count). The van der Waals surface area contributed by atoms with Crippen molar-refractivity contribution in [1.82, 2.24) is 19.9 Å². The molecule has 2 aromatic rings. The minimum Gasteiger partial charge on any atom is -0.368 e. The highest BCUT2D eigenvalue weighted by Crippen LogP contribution is 2.20. The normalized spacial score (nSPS) is 11.9. The number of carbonyl (C=O) groups excluding carboxylic acids is 1. The smallest absolute Gasteiger partial charge is 0.238 e. The van der Waals surface area contributed by atoms with Crippen LogP contribution < -0.4 is 11.1 Å². The van der Waals surface area contributed by atoms with Gasteiger partial charge in [0.05, 0.1) is 5.25 Å². The van der Waals surface area contributed by atoms with Gasteiger partial charge in [0.2, 0.25) is 11.9 Å². The van der Waals surface area contributed by atoms with Crippen molar-refractivity contribution in [2.75, 3.05) is 11.1 Å². The fraction of sp³-hybridized carbons (Fsp3) is 0.250. The lowest BCUT2D eigenvalue weighted by Crippen LogP contribution is -2.23. The molecule has 20 heavy (non-hydrogen) atoms. The van der Waals surface area contributed by atoms with Crippen molar-refractivity contribution in [1.29, 1.82) is 0 Å². The summed E-state index contributed by atoms with van der Waals surface area (Å²) in [5, 5.41) is 2.78. The first kappa shape index (κ1) is 14.2. The summed E-state index contributed by atoms with van der Waals surface area (Å²) in [6.07, 6.45) is 1.32. The van der Waals surface area contributed by atoms with Gasteiger partial charge in [-0.25, -0.2) is 15.0 Å². The van der Waals surface area contributed by atoms with Crippen LogP contribution in [0.4, 0.5) is 11.8 Å². The summed E-state index contributed by atoms with van der Waals surface area (Å²) in [6.45, 7) is 3.62. The number of thioether (sulfide) groups is 1. The molecule has 0 radical (unpaired) electrons. The van der Waals surface area contributed by atoms with Gasteiger partial charge in [-0.1, -0.05) is 17.8 Å². The maximum absolute atomic E-state index is 12.0. The second kappa shape index (κ2) is 6.29. The molecule has 0 aliphatic heterocycles. The zero-order chi connectivity index (χ0) is 14.5. The molecule has 2 aromatic heterocycles. The molecule has 1 amide bonds. The highest BCUT2D eigenvalue weighted by molar-refractivity contribution is 8.00. The lowest BCUT2D eigenvalue weighted by molar-refractivity contribution is -0.115. The molecular weight excluding hydrogens is 276 g/mol. The van der Waals surface area contributed by atoms with Crippen molar-refractivity contribution < 1.29 is 4.79 Å². The van der Waals surface area contributed by atoms with E-state index in [-0.39, 0.29) is 17.1 Å². The van der Waals surface area contributed by atoms with Gasteiger partial charge < -0.3 is 11.1 Å². The average Bonchev–Trinajstić information content (AvgIpc) is 2.38. The quantitative estimate of drug-likeness (QED) is 0.817. The van der Waals surface area contributed by atoms with Gasteiger partial charge in [0.1, 0.15) is 12.1 Å². The van der Waals surface area contributed by atoms with Crippen LogP contribution in [0.3, 0.4) is 0 Å². The number of anilines is 2.